The summed E-state index contributed by atoms with van der Waals surface area (Å²) in [6.07, 6.45) is 10.6. The molecule has 0 unspecified atom stereocenters. The van der Waals surface area contributed by atoms with Gasteiger partial charge in [0.2, 0.25) is 0 Å². The smallest absolute Gasteiger partial charge is 0.0521 e. The molecule has 0 aromatic carbocycles. The Morgan fingerprint density at radius 2 is 2.29 bits per heavy atom. The molecule has 0 bridgehead atoms. The molecule has 0 amide bonds. The lowest BCUT2D eigenvalue weighted by molar-refractivity contribution is 0.487. The maximum absolute atomic E-state index is 4.41. The van der Waals surface area contributed by atoms with Crippen LogP contribution in [0.15, 0.2) is 12.4 Å². The molecule has 0 atom stereocenters. The molecule has 0 spiro atoms. The summed E-state index contributed by atoms with van der Waals surface area (Å²) in [5.41, 5.74) is 1.38. The zero-order valence-corrected chi connectivity index (χ0v) is 11.2. The first-order chi connectivity index (χ1) is 8.24. The molecule has 1 aliphatic rings. The monoisotopic (exact) mass is 235 g/mol. The lowest BCUT2D eigenvalue weighted by Crippen LogP contribution is -2.17. The molecule has 1 aromatic rings. The summed E-state index contributed by atoms with van der Waals surface area (Å²) in [6, 6.07) is 0.837. The topological polar surface area (TPSA) is 29.9 Å². The minimum absolute atomic E-state index is 0.755. The highest BCUT2D eigenvalue weighted by molar-refractivity contribution is 5.03. The molecule has 1 aliphatic carbocycles. The van der Waals surface area contributed by atoms with E-state index >= 15 is 0 Å². The van der Waals surface area contributed by atoms with Crippen LogP contribution >= 0.6 is 0 Å². The average molecular weight is 235 g/mol. The maximum Gasteiger partial charge on any atom is 0.0521 e. The van der Waals surface area contributed by atoms with Gasteiger partial charge in [-0.25, -0.2) is 0 Å². The summed E-state index contributed by atoms with van der Waals surface area (Å²) in [7, 11) is 0. The van der Waals surface area contributed by atoms with E-state index in [-0.39, 0.29) is 0 Å². The van der Waals surface area contributed by atoms with Crippen molar-refractivity contribution in [1.82, 2.24) is 15.1 Å². The normalized spacial score (nSPS) is 15.7. The second-order valence-electron chi connectivity index (χ2n) is 5.63. The number of nitrogens with zero attached hydrogens (tertiary/aromatic N) is 2. The zero-order chi connectivity index (χ0) is 12.1. The fourth-order valence-corrected chi connectivity index (χ4v) is 1.93. The van der Waals surface area contributed by atoms with E-state index in [2.05, 4.69) is 35.1 Å². The SMILES string of the molecule is CC(C)CCn1cc(CCCNC2CC2)cn1. The van der Waals surface area contributed by atoms with E-state index < -0.39 is 0 Å². The largest absolute Gasteiger partial charge is 0.314 e. The van der Waals surface area contributed by atoms with Crippen molar-refractivity contribution in [3.63, 3.8) is 0 Å². The number of nitrogens with one attached hydrogen (secondary N) is 1. The predicted octanol–water partition coefficient (Wildman–Crippen LogP) is 2.61. The molecule has 17 heavy (non-hydrogen) atoms. The molecule has 3 heteroatoms. The van der Waals surface area contributed by atoms with Gasteiger partial charge in [-0.15, -0.1) is 0 Å². The van der Waals surface area contributed by atoms with Gasteiger partial charge in [0.05, 0.1) is 6.20 Å². The van der Waals surface area contributed by atoms with Gasteiger partial charge in [-0.3, -0.25) is 4.68 Å². The molecule has 1 N–H and O–H groups in total. The van der Waals surface area contributed by atoms with E-state index in [9.17, 15) is 0 Å². The van der Waals surface area contributed by atoms with E-state index in [4.69, 9.17) is 0 Å². The maximum atomic E-state index is 4.41. The Kier molecular flexibility index (Phi) is 4.60. The van der Waals surface area contributed by atoms with E-state index in [1.54, 1.807) is 0 Å². The van der Waals surface area contributed by atoms with Crippen LogP contribution in [0.3, 0.4) is 0 Å². The highest BCUT2D eigenvalue weighted by atomic mass is 15.3. The van der Waals surface area contributed by atoms with Crippen molar-refractivity contribution >= 4 is 0 Å². The Labute approximate surface area is 105 Å². The standard InChI is InChI=1S/C14H25N3/c1-12(2)7-9-17-11-13(10-16-17)4-3-8-15-14-5-6-14/h10-12,14-15H,3-9H2,1-2H3. The summed E-state index contributed by atoms with van der Waals surface area (Å²) >= 11 is 0. The van der Waals surface area contributed by atoms with Gasteiger partial charge in [-0.2, -0.15) is 5.10 Å². The fourth-order valence-electron chi connectivity index (χ4n) is 1.93. The average Bonchev–Trinajstić information content (AvgIpc) is 3.01. The van der Waals surface area contributed by atoms with Gasteiger partial charge in [-0.05, 0) is 50.1 Å². The molecule has 1 heterocycles. The number of hydrogen-bond donors (Lipinski definition) is 1. The molecular weight excluding hydrogens is 210 g/mol. The molecule has 0 saturated heterocycles. The van der Waals surface area contributed by atoms with Gasteiger partial charge < -0.3 is 5.32 Å². The molecule has 3 nitrogen and oxygen atoms in total. The predicted molar refractivity (Wildman–Crippen MR) is 71.0 cm³/mol. The van der Waals surface area contributed by atoms with Gasteiger partial charge in [-0.1, -0.05) is 13.8 Å². The molecule has 0 radical (unpaired) electrons. The van der Waals surface area contributed by atoms with Crippen molar-refractivity contribution in [2.75, 3.05) is 6.54 Å². The third kappa shape index (κ3) is 4.90. The second kappa shape index (κ2) is 6.20. The lowest BCUT2D eigenvalue weighted by Gasteiger charge is -2.04. The van der Waals surface area contributed by atoms with E-state index in [1.165, 1.54) is 31.2 Å². The van der Waals surface area contributed by atoms with Gasteiger partial charge in [0.25, 0.3) is 0 Å². The van der Waals surface area contributed by atoms with Crippen LogP contribution in [0.2, 0.25) is 0 Å². The van der Waals surface area contributed by atoms with E-state index in [0.29, 0.717) is 0 Å². The van der Waals surface area contributed by atoms with Crippen molar-refractivity contribution in [1.29, 1.82) is 0 Å². The summed E-state index contributed by atoms with van der Waals surface area (Å²) in [5.74, 6) is 0.755. The number of hydrogen-bond acceptors (Lipinski definition) is 2. The van der Waals surface area contributed by atoms with Crippen LogP contribution < -0.4 is 5.32 Å². The summed E-state index contributed by atoms with van der Waals surface area (Å²) < 4.78 is 2.09. The number of aryl methyl sites for hydroxylation is 2. The Hall–Kier alpha value is -0.830. The lowest BCUT2D eigenvalue weighted by atomic mass is 10.1. The van der Waals surface area contributed by atoms with Crippen molar-refractivity contribution in [3.05, 3.63) is 18.0 Å². The molecule has 0 aliphatic heterocycles. The van der Waals surface area contributed by atoms with Crippen LogP contribution in [-0.2, 0) is 13.0 Å². The fraction of sp³-hybridized carbons (Fsp3) is 0.786. The molecule has 1 aromatic heterocycles. The van der Waals surface area contributed by atoms with E-state index in [1.807, 2.05) is 6.20 Å². The second-order valence-corrected chi connectivity index (χ2v) is 5.63. The molecule has 1 fully saturated rings. The Bertz CT molecular complexity index is 326. The van der Waals surface area contributed by atoms with Crippen LogP contribution in [0.25, 0.3) is 0 Å². The summed E-state index contributed by atoms with van der Waals surface area (Å²) in [5, 5.41) is 7.96. The van der Waals surface area contributed by atoms with Crippen LogP contribution in [0.4, 0.5) is 0 Å². The first kappa shape index (κ1) is 12.6. The van der Waals surface area contributed by atoms with Crippen molar-refractivity contribution in [2.24, 2.45) is 5.92 Å². The van der Waals surface area contributed by atoms with Crippen molar-refractivity contribution in [2.45, 2.75) is 58.5 Å². The van der Waals surface area contributed by atoms with Gasteiger partial charge in [0.1, 0.15) is 0 Å². The van der Waals surface area contributed by atoms with Gasteiger partial charge in [0.15, 0.2) is 0 Å². The Morgan fingerprint density at radius 1 is 1.47 bits per heavy atom. The molecule has 2 rings (SSSR count). The van der Waals surface area contributed by atoms with Gasteiger partial charge in [0, 0.05) is 18.8 Å². The summed E-state index contributed by atoms with van der Waals surface area (Å²) in [4.78, 5) is 0. The number of rotatable bonds is 8. The Balaban J connectivity index is 1.62. The molecule has 96 valence electrons. The Morgan fingerprint density at radius 3 is 3.00 bits per heavy atom. The minimum atomic E-state index is 0.755. The number of aromatic nitrogens is 2. The van der Waals surface area contributed by atoms with E-state index in [0.717, 1.165) is 31.5 Å². The quantitative estimate of drug-likeness (QED) is 0.702. The van der Waals surface area contributed by atoms with Crippen molar-refractivity contribution < 1.29 is 0 Å². The minimum Gasteiger partial charge on any atom is -0.314 e. The first-order valence-corrected chi connectivity index (χ1v) is 6.99. The first-order valence-electron chi connectivity index (χ1n) is 6.99. The van der Waals surface area contributed by atoms with Gasteiger partial charge >= 0.3 is 0 Å². The van der Waals surface area contributed by atoms with Crippen LogP contribution in [0, 0.1) is 5.92 Å². The van der Waals surface area contributed by atoms with Crippen LogP contribution in [-0.4, -0.2) is 22.4 Å². The third-order valence-corrected chi connectivity index (χ3v) is 3.27. The molecular formula is C14H25N3. The third-order valence-electron chi connectivity index (χ3n) is 3.27. The van der Waals surface area contributed by atoms with Crippen LogP contribution in [0.5, 0.6) is 0 Å². The van der Waals surface area contributed by atoms with Crippen molar-refractivity contribution in [3.8, 4) is 0 Å². The van der Waals surface area contributed by atoms with Crippen LogP contribution in [0.1, 0.15) is 45.1 Å². The highest BCUT2D eigenvalue weighted by Gasteiger charge is 2.19. The summed E-state index contributed by atoms with van der Waals surface area (Å²) in [6.45, 7) is 6.72. The molecule has 1 saturated carbocycles. The zero-order valence-electron chi connectivity index (χ0n) is 11.2. The highest BCUT2D eigenvalue weighted by Crippen LogP contribution is 2.18.